The maximum absolute atomic E-state index is 10.8. The molecule has 7 heteroatoms. The first kappa shape index (κ1) is 15.7. The van der Waals surface area contributed by atoms with E-state index in [-0.39, 0.29) is 5.69 Å². The average molecular weight is 294 g/mol. The summed E-state index contributed by atoms with van der Waals surface area (Å²) in [5, 5.41) is 14.0. The van der Waals surface area contributed by atoms with Crippen molar-refractivity contribution in [2.24, 2.45) is 0 Å². The lowest BCUT2D eigenvalue weighted by atomic mass is 10.2. The van der Waals surface area contributed by atoms with Crippen molar-refractivity contribution < 1.29 is 9.66 Å². The summed E-state index contributed by atoms with van der Waals surface area (Å²) < 4.78 is 5.44. The Labute approximate surface area is 124 Å². The van der Waals surface area contributed by atoms with Gasteiger partial charge in [-0.3, -0.25) is 15.0 Å². The highest BCUT2D eigenvalue weighted by molar-refractivity contribution is 5.46. The first-order chi connectivity index (χ1) is 9.99. The number of anilines is 1. The fraction of sp³-hybridized carbons (Fsp3) is 0.643. The van der Waals surface area contributed by atoms with Gasteiger partial charge in [-0.15, -0.1) is 0 Å². The Kier molecular flexibility index (Phi) is 5.08. The van der Waals surface area contributed by atoms with E-state index in [1.165, 1.54) is 6.20 Å². The first-order valence-electron chi connectivity index (χ1n) is 7.17. The summed E-state index contributed by atoms with van der Waals surface area (Å²) in [6, 6.07) is 2.47. The summed E-state index contributed by atoms with van der Waals surface area (Å²) in [6.07, 6.45) is 1.31. The molecule has 1 saturated heterocycles. The Morgan fingerprint density at radius 1 is 1.67 bits per heavy atom. The molecule has 116 valence electrons. The van der Waals surface area contributed by atoms with E-state index in [2.05, 4.69) is 29.0 Å². The van der Waals surface area contributed by atoms with E-state index in [9.17, 15) is 10.1 Å². The minimum atomic E-state index is -0.413. The van der Waals surface area contributed by atoms with Crippen LogP contribution in [0, 0.1) is 17.0 Å². The third kappa shape index (κ3) is 3.89. The number of nitro groups is 1. The van der Waals surface area contributed by atoms with E-state index in [1.807, 2.05) is 0 Å². The number of nitrogens with zero attached hydrogens (tertiary/aromatic N) is 3. The fourth-order valence-corrected chi connectivity index (χ4v) is 2.60. The third-order valence-corrected chi connectivity index (χ3v) is 3.84. The van der Waals surface area contributed by atoms with Gasteiger partial charge in [0.25, 0.3) is 5.69 Å². The first-order valence-corrected chi connectivity index (χ1v) is 7.17. The van der Waals surface area contributed by atoms with Crippen molar-refractivity contribution in [1.82, 2.24) is 9.88 Å². The number of aryl methyl sites for hydroxylation is 1. The van der Waals surface area contributed by atoms with Crippen LogP contribution < -0.4 is 5.32 Å². The van der Waals surface area contributed by atoms with Crippen LogP contribution in [0.1, 0.15) is 19.4 Å². The highest BCUT2D eigenvalue weighted by atomic mass is 16.6. The summed E-state index contributed by atoms with van der Waals surface area (Å²) in [7, 11) is 0. The van der Waals surface area contributed by atoms with E-state index in [4.69, 9.17) is 4.74 Å². The predicted octanol–water partition coefficient (Wildman–Crippen LogP) is 1.82. The average Bonchev–Trinajstić information content (AvgIpc) is 2.45. The zero-order valence-corrected chi connectivity index (χ0v) is 12.7. The number of rotatable bonds is 5. The predicted molar refractivity (Wildman–Crippen MR) is 80.6 cm³/mol. The lowest BCUT2D eigenvalue weighted by Crippen LogP contribution is -2.50. The fourth-order valence-electron chi connectivity index (χ4n) is 2.60. The van der Waals surface area contributed by atoms with Gasteiger partial charge in [0.1, 0.15) is 12.0 Å². The minimum Gasteiger partial charge on any atom is -0.379 e. The molecule has 0 aliphatic carbocycles. The summed E-state index contributed by atoms with van der Waals surface area (Å²) >= 11 is 0. The van der Waals surface area contributed by atoms with E-state index in [1.54, 1.807) is 13.0 Å². The normalized spacial score (nSPS) is 21.0. The molecule has 2 rings (SSSR count). The molecule has 1 fully saturated rings. The molecule has 1 aromatic heterocycles. The molecule has 2 heterocycles. The second kappa shape index (κ2) is 6.82. The maximum Gasteiger partial charge on any atom is 0.290 e. The second-order valence-corrected chi connectivity index (χ2v) is 5.50. The lowest BCUT2D eigenvalue weighted by Gasteiger charge is -2.37. The number of nitrogens with one attached hydrogen (secondary N) is 1. The summed E-state index contributed by atoms with van der Waals surface area (Å²) in [4.78, 5) is 16.9. The summed E-state index contributed by atoms with van der Waals surface area (Å²) in [5.41, 5.74) is 0.667. The van der Waals surface area contributed by atoms with Gasteiger partial charge in [0.05, 0.1) is 18.1 Å². The van der Waals surface area contributed by atoms with Gasteiger partial charge in [0.2, 0.25) is 0 Å². The van der Waals surface area contributed by atoms with Gasteiger partial charge in [-0.1, -0.05) is 0 Å². The van der Waals surface area contributed by atoms with Crippen molar-refractivity contribution in [2.45, 2.75) is 32.9 Å². The van der Waals surface area contributed by atoms with Crippen molar-refractivity contribution in [3.8, 4) is 0 Å². The molecule has 1 aliphatic heterocycles. The molecule has 21 heavy (non-hydrogen) atoms. The van der Waals surface area contributed by atoms with Gasteiger partial charge >= 0.3 is 0 Å². The Morgan fingerprint density at radius 3 is 3.05 bits per heavy atom. The maximum atomic E-state index is 10.8. The zero-order chi connectivity index (χ0) is 15.4. The number of aromatic nitrogens is 1. The Morgan fingerprint density at radius 2 is 2.43 bits per heavy atom. The molecule has 0 aromatic carbocycles. The van der Waals surface area contributed by atoms with E-state index >= 15 is 0 Å². The molecule has 7 nitrogen and oxygen atoms in total. The van der Waals surface area contributed by atoms with Gasteiger partial charge in [-0.2, -0.15) is 0 Å². The highest BCUT2D eigenvalue weighted by Gasteiger charge is 2.23. The van der Waals surface area contributed by atoms with Crippen LogP contribution in [0.15, 0.2) is 12.3 Å². The highest BCUT2D eigenvalue weighted by Crippen LogP contribution is 2.19. The van der Waals surface area contributed by atoms with Gasteiger partial charge in [-0.25, -0.2) is 4.98 Å². The standard InChI is InChI=1S/C14H22N4O3/c1-10-6-14(16-8-13(10)18(19)20)15-7-11(2)17-4-5-21-9-12(17)3/h6,8,11-12H,4-5,7,9H2,1-3H3,(H,15,16). The molecule has 1 aliphatic rings. The molecule has 0 amide bonds. The molecular formula is C14H22N4O3. The third-order valence-electron chi connectivity index (χ3n) is 3.84. The molecule has 1 aromatic rings. The topological polar surface area (TPSA) is 80.5 Å². The van der Waals surface area contributed by atoms with Crippen LogP contribution in [0.25, 0.3) is 0 Å². The van der Waals surface area contributed by atoms with Crippen molar-refractivity contribution in [2.75, 3.05) is 31.6 Å². The van der Waals surface area contributed by atoms with Crippen LogP contribution in [0.5, 0.6) is 0 Å². The van der Waals surface area contributed by atoms with Gasteiger partial charge < -0.3 is 10.1 Å². The number of hydrogen-bond donors (Lipinski definition) is 1. The molecule has 0 saturated carbocycles. The van der Waals surface area contributed by atoms with Gasteiger partial charge in [0.15, 0.2) is 0 Å². The van der Waals surface area contributed by atoms with Crippen molar-refractivity contribution in [3.63, 3.8) is 0 Å². The summed E-state index contributed by atoms with van der Waals surface area (Å²) in [5.74, 6) is 0.672. The Hall–Kier alpha value is -1.73. The number of hydrogen-bond acceptors (Lipinski definition) is 6. The van der Waals surface area contributed by atoms with Crippen molar-refractivity contribution in [1.29, 1.82) is 0 Å². The number of ether oxygens (including phenoxy) is 1. The van der Waals surface area contributed by atoms with Crippen LogP contribution >= 0.6 is 0 Å². The molecule has 0 spiro atoms. The quantitative estimate of drug-likeness (QED) is 0.659. The largest absolute Gasteiger partial charge is 0.379 e. The van der Waals surface area contributed by atoms with Crippen molar-refractivity contribution in [3.05, 3.63) is 27.9 Å². The Balaban J connectivity index is 1.93. The van der Waals surface area contributed by atoms with Gasteiger partial charge in [0, 0.05) is 30.7 Å². The second-order valence-electron chi connectivity index (χ2n) is 5.50. The molecule has 1 N–H and O–H groups in total. The van der Waals surface area contributed by atoms with Crippen LogP contribution in [-0.4, -0.2) is 53.2 Å². The number of morpholine rings is 1. The van der Waals surface area contributed by atoms with E-state index in [0.29, 0.717) is 23.5 Å². The molecular weight excluding hydrogens is 272 g/mol. The zero-order valence-electron chi connectivity index (χ0n) is 12.7. The molecule has 0 bridgehead atoms. The van der Waals surface area contributed by atoms with Crippen LogP contribution in [0.3, 0.4) is 0 Å². The van der Waals surface area contributed by atoms with E-state index in [0.717, 1.165) is 26.3 Å². The molecule has 0 radical (unpaired) electrons. The smallest absolute Gasteiger partial charge is 0.290 e. The summed E-state index contributed by atoms with van der Waals surface area (Å²) in [6.45, 7) is 9.24. The monoisotopic (exact) mass is 294 g/mol. The minimum absolute atomic E-state index is 0.0513. The van der Waals surface area contributed by atoms with Crippen molar-refractivity contribution >= 4 is 11.5 Å². The molecule has 2 atom stereocenters. The van der Waals surface area contributed by atoms with Crippen LogP contribution in [-0.2, 0) is 4.74 Å². The number of pyridine rings is 1. The lowest BCUT2D eigenvalue weighted by molar-refractivity contribution is -0.385. The van der Waals surface area contributed by atoms with E-state index < -0.39 is 4.92 Å². The van der Waals surface area contributed by atoms with Crippen LogP contribution in [0.2, 0.25) is 0 Å². The SMILES string of the molecule is Cc1cc(NCC(C)N2CCOCC2C)ncc1[N+](=O)[O-]. The van der Waals surface area contributed by atoms with Gasteiger partial charge in [-0.05, 0) is 26.8 Å². The Bertz CT molecular complexity index is 509. The molecule has 2 unspecified atom stereocenters. The van der Waals surface area contributed by atoms with Crippen LogP contribution in [0.4, 0.5) is 11.5 Å².